The van der Waals surface area contributed by atoms with Crippen molar-refractivity contribution in [3.63, 3.8) is 0 Å². The van der Waals surface area contributed by atoms with Gasteiger partial charge < -0.3 is 4.90 Å². The Balaban J connectivity index is 2.28. The fourth-order valence-electron chi connectivity index (χ4n) is 2.66. The maximum absolute atomic E-state index is 12.6. The van der Waals surface area contributed by atoms with Gasteiger partial charge in [-0.2, -0.15) is 4.72 Å². The van der Waals surface area contributed by atoms with Gasteiger partial charge in [-0.05, 0) is 44.4 Å². The number of sulfone groups is 1. The molecule has 1 aliphatic heterocycles. The van der Waals surface area contributed by atoms with Crippen LogP contribution in [-0.2, 0) is 24.7 Å². The van der Waals surface area contributed by atoms with Crippen molar-refractivity contribution < 1.29 is 21.6 Å². The molecule has 0 saturated carbocycles. The number of sulfonamides is 1. The van der Waals surface area contributed by atoms with Gasteiger partial charge >= 0.3 is 0 Å². The molecule has 2 rings (SSSR count). The molecule has 0 aromatic heterocycles. The van der Waals surface area contributed by atoms with Gasteiger partial charge in [-0.15, -0.1) is 0 Å². The molecule has 134 valence electrons. The molecule has 1 fully saturated rings. The first-order chi connectivity index (χ1) is 11.0. The molecule has 1 saturated heterocycles. The predicted molar refractivity (Wildman–Crippen MR) is 89.9 cm³/mol. The highest BCUT2D eigenvalue weighted by Gasteiger charge is 2.28. The summed E-state index contributed by atoms with van der Waals surface area (Å²) in [6.07, 6.45) is 2.85. The largest absolute Gasteiger partial charge is 0.341 e. The van der Waals surface area contributed by atoms with Crippen LogP contribution in [-0.4, -0.2) is 53.0 Å². The van der Waals surface area contributed by atoms with Gasteiger partial charge in [0, 0.05) is 19.3 Å². The van der Waals surface area contributed by atoms with Crippen LogP contribution in [0.15, 0.2) is 28.0 Å². The molecule has 1 aromatic rings. The smallest absolute Gasteiger partial charge is 0.241 e. The van der Waals surface area contributed by atoms with Gasteiger partial charge in [0.2, 0.25) is 15.9 Å². The van der Waals surface area contributed by atoms with E-state index in [1.54, 1.807) is 11.8 Å². The fourth-order valence-corrected chi connectivity index (χ4v) is 4.85. The second-order valence-corrected chi connectivity index (χ2v) is 9.77. The molecule has 1 aliphatic rings. The van der Waals surface area contributed by atoms with E-state index in [1.165, 1.54) is 19.1 Å². The lowest BCUT2D eigenvalue weighted by Gasteiger charge is -2.21. The fraction of sp³-hybridized carbons (Fsp3) is 0.533. The van der Waals surface area contributed by atoms with Gasteiger partial charge in [-0.3, -0.25) is 4.79 Å². The lowest BCUT2D eigenvalue weighted by atomic mass is 10.2. The summed E-state index contributed by atoms with van der Waals surface area (Å²) in [6, 6.07) is 3.02. The number of hydrogen-bond acceptors (Lipinski definition) is 5. The number of benzene rings is 1. The van der Waals surface area contributed by atoms with E-state index in [0.717, 1.165) is 25.2 Å². The van der Waals surface area contributed by atoms with Crippen LogP contribution in [0.3, 0.4) is 0 Å². The number of amides is 1. The van der Waals surface area contributed by atoms with Gasteiger partial charge in [0.1, 0.15) is 0 Å². The molecule has 1 heterocycles. The number of aryl methyl sites for hydroxylation is 1. The zero-order valence-electron chi connectivity index (χ0n) is 13.9. The summed E-state index contributed by atoms with van der Waals surface area (Å²) in [5.41, 5.74) is 0.413. The highest BCUT2D eigenvalue weighted by molar-refractivity contribution is 7.91. The Hall–Kier alpha value is -1.45. The Morgan fingerprint density at radius 1 is 1.17 bits per heavy atom. The number of carbonyl (C=O) groups excluding carboxylic acids is 1. The predicted octanol–water partition coefficient (Wildman–Crippen LogP) is 0.688. The molecule has 1 atom stereocenters. The maximum Gasteiger partial charge on any atom is 0.241 e. The van der Waals surface area contributed by atoms with Crippen molar-refractivity contribution in [3.8, 4) is 0 Å². The first-order valence-corrected chi connectivity index (χ1v) is 11.0. The first-order valence-electron chi connectivity index (χ1n) is 7.64. The van der Waals surface area contributed by atoms with Crippen LogP contribution >= 0.6 is 0 Å². The summed E-state index contributed by atoms with van der Waals surface area (Å²) in [7, 11) is -7.54. The van der Waals surface area contributed by atoms with Crippen molar-refractivity contribution in [3.05, 3.63) is 23.8 Å². The molecule has 0 unspecified atom stereocenters. The second-order valence-electron chi connectivity index (χ2n) is 6.07. The Bertz CT molecular complexity index is 841. The van der Waals surface area contributed by atoms with Crippen LogP contribution < -0.4 is 4.72 Å². The molecule has 7 nitrogen and oxygen atoms in total. The van der Waals surface area contributed by atoms with Gasteiger partial charge in [-0.1, -0.05) is 6.07 Å². The van der Waals surface area contributed by atoms with E-state index in [4.69, 9.17) is 0 Å². The van der Waals surface area contributed by atoms with Crippen LogP contribution in [0.2, 0.25) is 0 Å². The van der Waals surface area contributed by atoms with Gasteiger partial charge in [0.25, 0.3) is 0 Å². The highest BCUT2D eigenvalue weighted by Crippen LogP contribution is 2.20. The van der Waals surface area contributed by atoms with Crippen LogP contribution in [0, 0.1) is 6.92 Å². The SMILES string of the molecule is Cc1ccc(S(C)(=O)=O)cc1S(=O)(=O)N[C@H](C)C(=O)N1CCCC1. The lowest BCUT2D eigenvalue weighted by Crippen LogP contribution is -2.46. The molecule has 9 heteroatoms. The summed E-state index contributed by atoms with van der Waals surface area (Å²) in [6.45, 7) is 4.34. The molecule has 0 bridgehead atoms. The van der Waals surface area contributed by atoms with Gasteiger partial charge in [0.15, 0.2) is 9.84 Å². The van der Waals surface area contributed by atoms with Crippen molar-refractivity contribution in [2.24, 2.45) is 0 Å². The number of carbonyl (C=O) groups is 1. The Morgan fingerprint density at radius 3 is 2.29 bits per heavy atom. The minimum absolute atomic E-state index is 0.0769. The third kappa shape index (κ3) is 4.14. The Morgan fingerprint density at radius 2 is 1.75 bits per heavy atom. The monoisotopic (exact) mass is 374 g/mol. The Labute approximate surface area is 143 Å². The van der Waals surface area contributed by atoms with E-state index in [0.29, 0.717) is 18.7 Å². The van der Waals surface area contributed by atoms with E-state index in [1.807, 2.05) is 0 Å². The van der Waals surface area contributed by atoms with Crippen LogP contribution in [0.5, 0.6) is 0 Å². The third-order valence-electron chi connectivity index (χ3n) is 4.00. The summed E-state index contributed by atoms with van der Waals surface area (Å²) in [5.74, 6) is -0.270. The van der Waals surface area contributed by atoms with Crippen LogP contribution in [0.4, 0.5) is 0 Å². The summed E-state index contributed by atoms with van der Waals surface area (Å²) < 4.78 is 50.8. The molecule has 0 radical (unpaired) electrons. The lowest BCUT2D eigenvalue weighted by molar-refractivity contribution is -0.131. The van der Waals surface area contributed by atoms with E-state index in [-0.39, 0.29) is 15.7 Å². The zero-order chi connectivity index (χ0) is 18.1. The molecular formula is C15H22N2O5S2. The van der Waals surface area contributed by atoms with Crippen LogP contribution in [0.25, 0.3) is 0 Å². The van der Waals surface area contributed by atoms with Gasteiger partial charge in [0.05, 0.1) is 15.8 Å². The molecule has 1 amide bonds. The van der Waals surface area contributed by atoms with Crippen molar-refractivity contribution in [1.29, 1.82) is 0 Å². The first kappa shape index (κ1) is 18.9. The highest BCUT2D eigenvalue weighted by atomic mass is 32.2. The standard InChI is InChI=1S/C15H22N2O5S2/c1-11-6-7-13(23(3,19)20)10-14(11)24(21,22)16-12(2)15(18)17-8-4-5-9-17/h6-7,10,12,16H,4-5,8-9H2,1-3H3/t12-/m1/s1. The molecule has 0 aliphatic carbocycles. The number of likely N-dealkylation sites (tertiary alicyclic amines) is 1. The number of nitrogens with one attached hydrogen (secondary N) is 1. The van der Waals surface area contributed by atoms with Crippen molar-refractivity contribution in [1.82, 2.24) is 9.62 Å². The zero-order valence-corrected chi connectivity index (χ0v) is 15.6. The van der Waals surface area contributed by atoms with E-state index < -0.39 is 25.9 Å². The molecule has 24 heavy (non-hydrogen) atoms. The van der Waals surface area contributed by atoms with E-state index in [9.17, 15) is 21.6 Å². The number of rotatable bonds is 5. The summed E-state index contributed by atoms with van der Waals surface area (Å²) in [4.78, 5) is 13.7. The average Bonchev–Trinajstić information content (AvgIpc) is 2.99. The van der Waals surface area contributed by atoms with E-state index >= 15 is 0 Å². The quantitative estimate of drug-likeness (QED) is 0.817. The molecular weight excluding hydrogens is 352 g/mol. The minimum atomic E-state index is -4.01. The molecule has 0 spiro atoms. The second kappa shape index (κ2) is 6.81. The van der Waals surface area contributed by atoms with Crippen molar-refractivity contribution in [2.75, 3.05) is 19.3 Å². The minimum Gasteiger partial charge on any atom is -0.341 e. The normalized spacial score (nSPS) is 17.0. The van der Waals surface area contributed by atoms with Gasteiger partial charge in [-0.25, -0.2) is 16.8 Å². The number of nitrogens with zero attached hydrogens (tertiary/aromatic N) is 1. The summed E-state index contributed by atoms with van der Waals surface area (Å²) in [5, 5.41) is 0. The number of hydrogen-bond donors (Lipinski definition) is 1. The van der Waals surface area contributed by atoms with Crippen LogP contribution in [0.1, 0.15) is 25.3 Å². The summed E-state index contributed by atoms with van der Waals surface area (Å²) >= 11 is 0. The molecule has 1 aromatic carbocycles. The maximum atomic E-state index is 12.6. The average molecular weight is 374 g/mol. The van der Waals surface area contributed by atoms with Crippen molar-refractivity contribution in [2.45, 2.75) is 42.5 Å². The topological polar surface area (TPSA) is 101 Å². The molecule has 1 N–H and O–H groups in total. The van der Waals surface area contributed by atoms with E-state index in [2.05, 4.69) is 4.72 Å². The Kier molecular flexibility index (Phi) is 5.36. The third-order valence-corrected chi connectivity index (χ3v) is 6.79. The van der Waals surface area contributed by atoms with Crippen molar-refractivity contribution >= 4 is 25.8 Å².